The van der Waals surface area contributed by atoms with Crippen molar-refractivity contribution in [2.24, 2.45) is 11.7 Å². The van der Waals surface area contributed by atoms with E-state index < -0.39 is 0 Å². The van der Waals surface area contributed by atoms with Crippen LogP contribution in [-0.4, -0.2) is 112 Å². The lowest BCUT2D eigenvalue weighted by molar-refractivity contribution is 0.285. The molecule has 546 valence electrons. The normalized spacial score (nSPS) is 11.8. The van der Waals surface area contributed by atoms with Crippen molar-refractivity contribution in [1.82, 2.24) is 106 Å². The third kappa shape index (κ3) is 29.4. The summed E-state index contributed by atoms with van der Waals surface area (Å²) >= 11 is 37.9. The minimum Gasteiger partial charge on any atom is -0.476 e. The van der Waals surface area contributed by atoms with Crippen LogP contribution in [0, 0.1) is 73.7 Å². The van der Waals surface area contributed by atoms with Gasteiger partial charge < -0.3 is 60.4 Å². The maximum Gasteiger partial charge on any atom is 0.238 e. The van der Waals surface area contributed by atoms with Gasteiger partial charge in [0.25, 0.3) is 0 Å². The predicted molar refractivity (Wildman–Crippen MR) is 419 cm³/mol. The zero-order chi connectivity index (χ0) is 70.3. The highest BCUT2D eigenvalue weighted by Gasteiger charge is 2.40. The molecule has 34 nitrogen and oxygen atoms in total. The van der Waals surface area contributed by atoms with E-state index in [4.69, 9.17) is 102 Å². The van der Waals surface area contributed by atoms with Crippen molar-refractivity contribution in [3.8, 4) is 18.0 Å². The number of nitrogens with two attached hydrogens (primary N) is 6. The van der Waals surface area contributed by atoms with Gasteiger partial charge in [-0.25, -0.2) is 19.9 Å². The highest BCUT2D eigenvalue weighted by Crippen LogP contribution is 2.47. The molecule has 0 saturated heterocycles. The summed E-state index contributed by atoms with van der Waals surface area (Å²) in [6.45, 7) is 14.3. The summed E-state index contributed by atoms with van der Waals surface area (Å²) in [7, 11) is 0. The van der Waals surface area contributed by atoms with Crippen LogP contribution in [0.5, 0.6) is 5.88 Å². The minimum atomic E-state index is 0. The van der Waals surface area contributed by atoms with E-state index in [9.17, 15) is 5.26 Å². The molecule has 11 heterocycles. The Balaban J connectivity index is 0.000000431. The molecule has 2 atom stereocenters. The molecular formula is C57H75Cl5IN33OS5. The summed E-state index contributed by atoms with van der Waals surface area (Å²) < 4.78 is 6.59. The van der Waals surface area contributed by atoms with Crippen LogP contribution in [0.3, 0.4) is 0 Å². The molecule has 1 aliphatic carbocycles. The highest BCUT2D eigenvalue weighted by atomic mass is 127. The number of nitrogens with one attached hydrogen (secondary N) is 4. The zero-order valence-corrected chi connectivity index (χ0v) is 61.5. The summed E-state index contributed by atoms with van der Waals surface area (Å²) in [5.74, 6) is 3.14. The molecule has 0 aromatic carbocycles. The Kier molecular flexibility index (Phi) is 38.7. The number of aryl methyl sites for hydroxylation is 6. The van der Waals surface area contributed by atoms with Crippen LogP contribution < -0.4 is 60.4 Å². The zero-order valence-electron chi connectivity index (χ0n) is 51.5. The Morgan fingerprint density at radius 3 is 1.28 bits per heavy atom. The van der Waals surface area contributed by atoms with Gasteiger partial charge in [-0.3, -0.25) is 4.98 Å². The van der Waals surface area contributed by atoms with Crippen LogP contribution in [0.25, 0.3) is 0 Å². The van der Waals surface area contributed by atoms with E-state index in [1.165, 1.54) is 51.4 Å². The number of hydrogen-bond acceptors (Lipinski definition) is 39. The average Bonchev–Trinajstić information content (AvgIpc) is 1.52. The van der Waals surface area contributed by atoms with Gasteiger partial charge in [-0.2, -0.15) is 40.4 Å². The van der Waals surface area contributed by atoms with Crippen molar-refractivity contribution in [3.63, 3.8) is 0 Å². The number of nitrogen functional groups attached to an aromatic ring is 5. The van der Waals surface area contributed by atoms with Gasteiger partial charge in [-0.05, 0) is 82.2 Å². The average molecular weight is 1700 g/mol. The molecule has 0 amide bonds. The van der Waals surface area contributed by atoms with Gasteiger partial charge in [0.05, 0.1) is 36.4 Å². The molecule has 0 spiro atoms. The first-order valence-electron chi connectivity index (χ1n) is 27.5. The van der Waals surface area contributed by atoms with Gasteiger partial charge in [-0.15, -0.1) is 62.3 Å². The number of anilines is 9. The SMILES string of the molecule is C.C.C.C.C.Cc1ccc([C@H]2C[C@@H]2COc2nc(N)nc(NCc3nnc(C)s3)c2C#N)nc1.Cc1nnc(CN)s1.Cc1nnc(CNc2cc(Cl)nc(N)n2)s1.Cc1nnc(CNc2nc(N)nc(Cl)c2C#N)s1.Cc1nnc(CNc2nc(N)nc(Cl)c2I)s1.Nc1nc(Cl)cc(Cl)n1. The van der Waals surface area contributed by atoms with Gasteiger partial charge in [0.15, 0.2) is 22.4 Å². The molecule has 0 bridgehead atoms. The number of pyridine rings is 1. The first-order valence-corrected chi connectivity index (χ1v) is 34.6. The van der Waals surface area contributed by atoms with E-state index in [0.717, 1.165) is 71.3 Å². The van der Waals surface area contributed by atoms with E-state index in [2.05, 4.69) is 168 Å². The molecule has 102 heavy (non-hydrogen) atoms. The van der Waals surface area contributed by atoms with E-state index in [0.29, 0.717) is 84.7 Å². The van der Waals surface area contributed by atoms with E-state index in [-0.39, 0.29) is 99.3 Å². The minimum absolute atomic E-state index is 0. The highest BCUT2D eigenvalue weighted by molar-refractivity contribution is 14.1. The van der Waals surface area contributed by atoms with Gasteiger partial charge in [0, 0.05) is 42.4 Å². The third-order valence-electron chi connectivity index (χ3n) is 11.5. The van der Waals surface area contributed by atoms with Gasteiger partial charge in [-0.1, -0.05) is 147 Å². The van der Waals surface area contributed by atoms with Crippen LogP contribution in [0.4, 0.5) is 53.0 Å². The van der Waals surface area contributed by atoms with Gasteiger partial charge >= 0.3 is 0 Å². The summed E-state index contributed by atoms with van der Waals surface area (Å²) in [5, 5.41) is 80.0. The monoisotopic (exact) mass is 1700 g/mol. The first kappa shape index (κ1) is 89.6. The number of nitriles is 2. The predicted octanol–water partition coefficient (Wildman–Crippen LogP) is 12.4. The molecule has 1 aliphatic rings. The Hall–Kier alpha value is -8.53. The van der Waals surface area contributed by atoms with E-state index in [1.54, 1.807) is 17.4 Å². The Labute approximate surface area is 648 Å². The number of hydrogen-bond donors (Lipinski definition) is 10. The van der Waals surface area contributed by atoms with Gasteiger partial charge in [0.1, 0.15) is 100 Å². The van der Waals surface area contributed by atoms with Crippen molar-refractivity contribution in [3.05, 3.63) is 132 Å². The lowest BCUT2D eigenvalue weighted by Gasteiger charge is -2.11. The summed E-state index contributed by atoms with van der Waals surface area (Å²) in [5.41, 5.74) is 35.3. The summed E-state index contributed by atoms with van der Waals surface area (Å²) in [4.78, 5) is 43.2. The molecule has 0 unspecified atom stereocenters. The lowest BCUT2D eigenvalue weighted by Crippen LogP contribution is -2.11. The van der Waals surface area contributed by atoms with Crippen molar-refractivity contribution < 1.29 is 4.74 Å². The largest absolute Gasteiger partial charge is 0.476 e. The quantitative estimate of drug-likeness (QED) is 0.0299. The molecule has 16 N–H and O–H groups in total. The van der Waals surface area contributed by atoms with Crippen molar-refractivity contribution >= 4 is 190 Å². The molecule has 0 aliphatic heterocycles. The second kappa shape index (κ2) is 44.1. The number of rotatable bonds is 17. The Morgan fingerprint density at radius 1 is 0.490 bits per heavy atom. The van der Waals surface area contributed by atoms with Crippen LogP contribution in [0.1, 0.15) is 122 Å². The fourth-order valence-corrected chi connectivity index (χ4v) is 12.0. The van der Waals surface area contributed by atoms with Crippen LogP contribution in [0.2, 0.25) is 25.8 Å². The number of aromatic nitrogens is 21. The van der Waals surface area contributed by atoms with E-state index in [1.807, 2.05) is 53.8 Å². The van der Waals surface area contributed by atoms with Crippen molar-refractivity contribution in [1.29, 1.82) is 10.5 Å². The molecule has 1 saturated carbocycles. The van der Waals surface area contributed by atoms with E-state index >= 15 is 0 Å². The maximum atomic E-state index is 9.60. The van der Waals surface area contributed by atoms with Gasteiger partial charge in [0.2, 0.25) is 35.6 Å². The van der Waals surface area contributed by atoms with Crippen LogP contribution in [0.15, 0.2) is 30.5 Å². The Morgan fingerprint density at radius 2 is 0.882 bits per heavy atom. The third-order valence-corrected chi connectivity index (χ3v) is 18.2. The van der Waals surface area contributed by atoms with Crippen molar-refractivity contribution in [2.45, 2.75) is 124 Å². The molecule has 1 fully saturated rings. The standard InChI is InChI=1S/C19H20N8OS.C9H8ClN7S.C8H8ClIN6S.C8H9ClN6S.C4H3Cl2N3.C4H7N3S.5CH4/c1-10-3-4-15(22-7-10)13-5-12(13)9-28-18-14(6-20)17(24-19(21)25-18)23-8-16-27-26-11(2)29-16;1-4-16-17-6(18-4)3-13-8-5(2-11)7(10)14-9(12)15-8;1-3-15-16-4(17-3)2-12-7-5(10)6(9)13-8(11)14-7;1-4-14-15-7(16-4)3-11-6-2-5(9)12-8(10)13-6;5-2-1-3(6)9-4(7)8-2;1-3-6-7-4(2-5)8-3;;;;;/h3-4,7,12-13H,5,8-9H2,1-2H3,(H3,21,23,24,25);3H2,1H3,(H3,12,13,14,15);2H2,1H3,(H3,11,12,13,14);2H,3H2,1H3,(H3,10,11,12,13);1H,(H2,7,8,9);2,5H2,1H3;5*1H4/t12-,13+;;;;;;;;;;/m1........../s1. The molecule has 45 heteroatoms. The summed E-state index contributed by atoms with van der Waals surface area (Å²) in [6.07, 6.45) is 2.88. The number of nitrogens with zero attached hydrogens (tertiary/aromatic N) is 23. The fraction of sp³-hybridized carbons (Fsp3) is 0.351. The molecule has 0 radical (unpaired) electrons. The number of ether oxygens (including phenoxy) is 1. The van der Waals surface area contributed by atoms with Crippen LogP contribution >= 0.6 is 137 Å². The maximum absolute atomic E-state index is 9.60. The fourth-order valence-electron chi connectivity index (χ4n) is 7.33. The first-order chi connectivity index (χ1) is 46.3. The van der Waals surface area contributed by atoms with Crippen molar-refractivity contribution in [2.75, 3.05) is 56.5 Å². The molecule has 11 aromatic rings. The number of halogens is 6. The summed E-state index contributed by atoms with van der Waals surface area (Å²) in [6, 6.07) is 11.2. The topological polar surface area (TPSA) is 532 Å². The second-order valence-electron chi connectivity index (χ2n) is 19.1. The second-order valence-corrected chi connectivity index (χ2v) is 28.4. The Bertz CT molecular complexity index is 4430. The molecule has 12 rings (SSSR count). The lowest BCUT2D eigenvalue weighted by atomic mass is 10.2. The molecule has 11 aromatic heterocycles. The molecular weight excluding hydrogens is 1630 g/mol. The van der Waals surface area contributed by atoms with Crippen LogP contribution in [-0.2, 0) is 32.7 Å². The smallest absolute Gasteiger partial charge is 0.238 e.